The van der Waals surface area contributed by atoms with Crippen LogP contribution in [-0.4, -0.2) is 18.1 Å². The smallest absolute Gasteiger partial charge is 0.238 e. The van der Waals surface area contributed by atoms with E-state index in [1.54, 1.807) is 0 Å². The minimum atomic E-state index is 0.646. The number of anilines is 1. The summed E-state index contributed by atoms with van der Waals surface area (Å²) in [4.78, 5) is 4.76. The Labute approximate surface area is 129 Å². The van der Waals surface area contributed by atoms with Gasteiger partial charge in [-0.1, -0.05) is 54.6 Å². The molecule has 22 heavy (non-hydrogen) atoms. The second-order valence-corrected chi connectivity index (χ2v) is 5.17. The van der Waals surface area contributed by atoms with Gasteiger partial charge in [-0.05, 0) is 17.7 Å². The van der Waals surface area contributed by atoms with Crippen LogP contribution in [0.4, 0.5) is 5.69 Å². The molecule has 3 aromatic rings. The number of nitrogens with zero attached hydrogens (tertiary/aromatic N) is 1. The van der Waals surface area contributed by atoms with Crippen LogP contribution in [0.3, 0.4) is 0 Å². The molecule has 2 heterocycles. The molecule has 0 bridgehead atoms. The molecule has 3 heteroatoms. The maximum atomic E-state index is 5.70. The molecule has 1 radical (unpaired) electrons. The highest BCUT2D eigenvalue weighted by Crippen LogP contribution is 2.37. The van der Waals surface area contributed by atoms with Crippen molar-refractivity contribution in [2.45, 2.75) is 0 Å². The Balaban J connectivity index is 1.95. The van der Waals surface area contributed by atoms with E-state index >= 15 is 0 Å². The van der Waals surface area contributed by atoms with Crippen molar-refractivity contribution in [2.24, 2.45) is 0 Å². The highest BCUT2D eigenvalue weighted by molar-refractivity contribution is 5.84. The fourth-order valence-electron chi connectivity index (χ4n) is 2.67. The van der Waals surface area contributed by atoms with Crippen molar-refractivity contribution in [1.82, 2.24) is 4.98 Å². The van der Waals surface area contributed by atoms with Crippen molar-refractivity contribution in [1.29, 1.82) is 0 Å². The van der Waals surface area contributed by atoms with Crippen molar-refractivity contribution >= 4 is 5.69 Å². The summed E-state index contributed by atoms with van der Waals surface area (Å²) < 4.78 is 5.70. The van der Waals surface area contributed by atoms with Crippen LogP contribution in [0.5, 0.6) is 5.88 Å². The molecular weight excluding hydrogens is 272 g/mol. The summed E-state index contributed by atoms with van der Waals surface area (Å²) in [6.45, 7) is 1.45. The molecule has 0 aliphatic carbocycles. The zero-order valence-corrected chi connectivity index (χ0v) is 12.0. The fourth-order valence-corrected chi connectivity index (χ4v) is 2.67. The van der Waals surface area contributed by atoms with Crippen LogP contribution in [-0.2, 0) is 0 Å². The number of nitrogens with one attached hydrogen (secondary N) is 1. The number of hydrogen-bond acceptors (Lipinski definition) is 3. The Morgan fingerprint density at radius 2 is 1.82 bits per heavy atom. The fraction of sp³-hybridized carbons (Fsp3) is 0.105. The molecule has 107 valence electrons. The molecule has 2 aromatic carbocycles. The van der Waals surface area contributed by atoms with Gasteiger partial charge in [0, 0.05) is 17.7 Å². The van der Waals surface area contributed by atoms with Gasteiger partial charge >= 0.3 is 0 Å². The summed E-state index contributed by atoms with van der Waals surface area (Å²) in [5.41, 5.74) is 5.20. The molecule has 0 atom stereocenters. The third kappa shape index (κ3) is 2.31. The number of ether oxygens (including phenoxy) is 1. The average Bonchev–Trinajstić information content (AvgIpc) is 2.62. The van der Waals surface area contributed by atoms with Crippen LogP contribution in [0.25, 0.3) is 22.4 Å². The molecule has 1 aromatic heterocycles. The first-order chi connectivity index (χ1) is 10.9. The van der Waals surface area contributed by atoms with Gasteiger partial charge < -0.3 is 10.1 Å². The molecule has 0 spiro atoms. The number of aromatic nitrogens is 1. The van der Waals surface area contributed by atoms with Gasteiger partial charge in [0.15, 0.2) is 0 Å². The molecule has 1 N–H and O–H groups in total. The van der Waals surface area contributed by atoms with E-state index < -0.39 is 0 Å². The van der Waals surface area contributed by atoms with Gasteiger partial charge in [0.25, 0.3) is 0 Å². The van der Waals surface area contributed by atoms with E-state index in [0.717, 1.165) is 34.6 Å². The van der Waals surface area contributed by atoms with Gasteiger partial charge in [-0.3, -0.25) is 0 Å². The van der Waals surface area contributed by atoms with Gasteiger partial charge in [-0.25, -0.2) is 4.98 Å². The monoisotopic (exact) mass is 287 g/mol. The lowest BCUT2D eigenvalue weighted by atomic mass is 9.98. The summed E-state index contributed by atoms with van der Waals surface area (Å²) in [6, 6.07) is 23.4. The summed E-state index contributed by atoms with van der Waals surface area (Å²) in [5.74, 6) is 0.675. The summed E-state index contributed by atoms with van der Waals surface area (Å²) in [6.07, 6.45) is 0. The van der Waals surface area contributed by atoms with Gasteiger partial charge in [0.05, 0.1) is 11.4 Å². The van der Waals surface area contributed by atoms with E-state index in [1.807, 2.05) is 42.5 Å². The largest absolute Gasteiger partial charge is 0.474 e. The van der Waals surface area contributed by atoms with Gasteiger partial charge in [0.2, 0.25) is 5.88 Å². The predicted molar refractivity (Wildman–Crippen MR) is 87.9 cm³/mol. The Morgan fingerprint density at radius 1 is 1.00 bits per heavy atom. The lowest BCUT2D eigenvalue weighted by molar-refractivity contribution is 0.311. The molecule has 3 nitrogen and oxygen atoms in total. The third-order valence-corrected chi connectivity index (χ3v) is 3.72. The second kappa shape index (κ2) is 5.53. The SMILES string of the molecule is [c]1ccc(-c2nc3c(cc2-c2ccccc2)NCCO3)cc1. The van der Waals surface area contributed by atoms with E-state index in [9.17, 15) is 0 Å². The number of fused-ring (bicyclic) bond motifs is 1. The topological polar surface area (TPSA) is 34.2 Å². The molecule has 1 aliphatic heterocycles. The number of benzene rings is 2. The minimum absolute atomic E-state index is 0.646. The molecule has 0 unspecified atom stereocenters. The number of rotatable bonds is 2. The first-order valence-electron chi connectivity index (χ1n) is 7.35. The molecule has 0 amide bonds. The maximum absolute atomic E-state index is 5.70. The zero-order chi connectivity index (χ0) is 14.8. The predicted octanol–water partition coefficient (Wildman–Crippen LogP) is 4.02. The Morgan fingerprint density at radius 3 is 2.64 bits per heavy atom. The van der Waals surface area contributed by atoms with E-state index in [4.69, 9.17) is 9.72 Å². The standard InChI is InChI=1S/C19H15N2O/c1-3-7-14(8-4-1)16-13-17-19(22-12-11-20-17)21-18(16)15-9-5-2-6-10-15/h1,3-10,13,20H,11-12H2. The molecule has 1 aliphatic rings. The van der Waals surface area contributed by atoms with Gasteiger partial charge in [0.1, 0.15) is 6.61 Å². The van der Waals surface area contributed by atoms with Crippen LogP contribution in [0.2, 0.25) is 0 Å². The first-order valence-corrected chi connectivity index (χ1v) is 7.35. The van der Waals surface area contributed by atoms with Gasteiger partial charge in [-0.2, -0.15) is 0 Å². The molecule has 0 saturated carbocycles. The second-order valence-electron chi connectivity index (χ2n) is 5.17. The normalized spacial score (nSPS) is 12.9. The van der Waals surface area contributed by atoms with E-state index in [-0.39, 0.29) is 0 Å². The summed E-state index contributed by atoms with van der Waals surface area (Å²) in [7, 11) is 0. The van der Waals surface area contributed by atoms with Crippen molar-refractivity contribution < 1.29 is 4.74 Å². The number of hydrogen-bond donors (Lipinski definition) is 1. The van der Waals surface area contributed by atoms with Crippen molar-refractivity contribution in [3.8, 4) is 28.3 Å². The summed E-state index contributed by atoms with van der Waals surface area (Å²) >= 11 is 0. The molecule has 0 fully saturated rings. The Hall–Kier alpha value is -2.81. The van der Waals surface area contributed by atoms with Crippen LogP contribution in [0.1, 0.15) is 0 Å². The molecule has 0 saturated heterocycles. The van der Waals surface area contributed by atoms with Crippen molar-refractivity contribution in [3.63, 3.8) is 0 Å². The maximum Gasteiger partial charge on any atom is 0.238 e. The van der Waals surface area contributed by atoms with Crippen LogP contribution in [0.15, 0.2) is 60.7 Å². The van der Waals surface area contributed by atoms with E-state index in [0.29, 0.717) is 12.5 Å². The highest BCUT2D eigenvalue weighted by Gasteiger charge is 2.17. The Bertz CT molecular complexity index is 717. The van der Waals surface area contributed by atoms with Crippen LogP contribution in [0, 0.1) is 6.07 Å². The van der Waals surface area contributed by atoms with Crippen LogP contribution < -0.4 is 10.1 Å². The first kappa shape index (κ1) is 12.9. The lowest BCUT2D eigenvalue weighted by Gasteiger charge is -2.21. The quantitative estimate of drug-likeness (QED) is 0.773. The zero-order valence-electron chi connectivity index (χ0n) is 12.0. The molecular formula is C19H15N2O. The Kier molecular flexibility index (Phi) is 3.24. The molecule has 4 rings (SSSR count). The summed E-state index contributed by atoms with van der Waals surface area (Å²) in [5, 5.41) is 3.36. The highest BCUT2D eigenvalue weighted by atomic mass is 16.5. The van der Waals surface area contributed by atoms with Gasteiger partial charge in [-0.15, -0.1) is 0 Å². The van der Waals surface area contributed by atoms with Crippen molar-refractivity contribution in [3.05, 3.63) is 66.7 Å². The van der Waals surface area contributed by atoms with E-state index in [1.165, 1.54) is 0 Å². The van der Waals surface area contributed by atoms with Crippen molar-refractivity contribution in [2.75, 3.05) is 18.5 Å². The number of pyridine rings is 1. The lowest BCUT2D eigenvalue weighted by Crippen LogP contribution is -2.19. The van der Waals surface area contributed by atoms with E-state index in [2.05, 4.69) is 29.6 Å². The van der Waals surface area contributed by atoms with Crippen LogP contribution >= 0.6 is 0 Å². The third-order valence-electron chi connectivity index (χ3n) is 3.72. The minimum Gasteiger partial charge on any atom is -0.474 e. The average molecular weight is 287 g/mol.